The number of anilines is 1. The average Bonchev–Trinajstić information content (AvgIpc) is 3.15. The Morgan fingerprint density at radius 3 is 2.69 bits per heavy atom. The van der Waals surface area contributed by atoms with Crippen LogP contribution in [-0.4, -0.2) is 56.8 Å². The van der Waals surface area contributed by atoms with Gasteiger partial charge in [-0.2, -0.15) is 5.10 Å². The van der Waals surface area contributed by atoms with Crippen LogP contribution in [-0.2, 0) is 13.6 Å². The maximum absolute atomic E-state index is 13.3. The predicted molar refractivity (Wildman–Crippen MR) is 109 cm³/mol. The summed E-state index contributed by atoms with van der Waals surface area (Å²) >= 11 is 0. The summed E-state index contributed by atoms with van der Waals surface area (Å²) in [5.41, 5.74) is 2.86. The Morgan fingerprint density at radius 1 is 1.14 bits per heavy atom. The van der Waals surface area contributed by atoms with Gasteiger partial charge >= 0.3 is 6.03 Å². The van der Waals surface area contributed by atoms with Gasteiger partial charge in [0.05, 0.1) is 6.20 Å². The number of hydrogen-bond donors (Lipinski definition) is 1. The normalized spacial score (nSPS) is 14.8. The third kappa shape index (κ3) is 4.78. The van der Waals surface area contributed by atoms with Gasteiger partial charge in [0.25, 0.3) is 0 Å². The molecule has 0 spiro atoms. The fourth-order valence-electron chi connectivity index (χ4n) is 3.44. The van der Waals surface area contributed by atoms with E-state index in [-0.39, 0.29) is 11.8 Å². The molecule has 0 unspecified atom stereocenters. The number of nitrogens with one attached hydrogen (secondary N) is 1. The third-order valence-electron chi connectivity index (χ3n) is 4.99. The molecule has 29 heavy (non-hydrogen) atoms. The fourth-order valence-corrected chi connectivity index (χ4v) is 3.44. The molecule has 7 nitrogen and oxygen atoms in total. The minimum absolute atomic E-state index is 0.161. The van der Waals surface area contributed by atoms with E-state index in [1.807, 2.05) is 31.4 Å². The van der Waals surface area contributed by atoms with Crippen LogP contribution in [0.4, 0.5) is 15.0 Å². The number of aryl methyl sites for hydroxylation is 1. The summed E-state index contributed by atoms with van der Waals surface area (Å²) in [6.07, 6.45) is 5.37. The quantitative estimate of drug-likeness (QED) is 0.739. The number of halogens is 1. The van der Waals surface area contributed by atoms with Crippen molar-refractivity contribution in [2.75, 3.05) is 31.5 Å². The van der Waals surface area contributed by atoms with Crippen molar-refractivity contribution in [2.45, 2.75) is 6.54 Å². The van der Waals surface area contributed by atoms with Gasteiger partial charge in [-0.05, 0) is 35.4 Å². The zero-order chi connectivity index (χ0) is 20.2. The van der Waals surface area contributed by atoms with Gasteiger partial charge in [-0.15, -0.1) is 0 Å². The van der Waals surface area contributed by atoms with Crippen molar-refractivity contribution in [1.82, 2.24) is 24.6 Å². The second kappa shape index (κ2) is 8.40. The van der Waals surface area contributed by atoms with E-state index >= 15 is 0 Å². The number of pyridine rings is 1. The van der Waals surface area contributed by atoms with Gasteiger partial charge in [-0.3, -0.25) is 14.9 Å². The minimum atomic E-state index is -0.221. The molecule has 1 saturated heterocycles. The molecule has 1 aliphatic heterocycles. The third-order valence-corrected chi connectivity index (χ3v) is 4.99. The van der Waals surface area contributed by atoms with E-state index in [4.69, 9.17) is 0 Å². The smallest absolute Gasteiger partial charge is 0.322 e. The van der Waals surface area contributed by atoms with Crippen molar-refractivity contribution in [1.29, 1.82) is 0 Å². The largest absolute Gasteiger partial charge is 0.323 e. The van der Waals surface area contributed by atoms with E-state index < -0.39 is 0 Å². The number of carbonyl (C=O) groups is 1. The maximum Gasteiger partial charge on any atom is 0.323 e. The molecule has 2 amide bonds. The Bertz CT molecular complexity index is 996. The summed E-state index contributed by atoms with van der Waals surface area (Å²) in [7, 11) is 1.86. The van der Waals surface area contributed by atoms with Crippen LogP contribution < -0.4 is 5.32 Å². The van der Waals surface area contributed by atoms with Crippen molar-refractivity contribution < 1.29 is 9.18 Å². The number of amides is 2. The maximum atomic E-state index is 13.3. The van der Waals surface area contributed by atoms with Gasteiger partial charge in [-0.25, -0.2) is 14.2 Å². The van der Waals surface area contributed by atoms with Crippen LogP contribution in [0.25, 0.3) is 11.1 Å². The Labute approximate surface area is 168 Å². The number of aromatic nitrogens is 3. The highest BCUT2D eigenvalue weighted by atomic mass is 19.1. The summed E-state index contributed by atoms with van der Waals surface area (Å²) in [4.78, 5) is 20.9. The predicted octanol–water partition coefficient (Wildman–Crippen LogP) is 2.97. The molecule has 0 radical (unpaired) electrons. The first-order valence-electron chi connectivity index (χ1n) is 9.54. The molecule has 150 valence electrons. The number of piperazine rings is 1. The van der Waals surface area contributed by atoms with Crippen LogP contribution in [0, 0.1) is 5.82 Å². The number of urea groups is 1. The van der Waals surface area contributed by atoms with Crippen molar-refractivity contribution >= 4 is 11.8 Å². The lowest BCUT2D eigenvalue weighted by Crippen LogP contribution is -2.49. The molecule has 0 atom stereocenters. The molecule has 8 heteroatoms. The molecule has 0 aliphatic carbocycles. The Kier molecular flexibility index (Phi) is 5.53. The molecular formula is C21H23FN6O. The van der Waals surface area contributed by atoms with Crippen molar-refractivity contribution in [3.63, 3.8) is 0 Å². The number of carbonyl (C=O) groups excluding carboxylic acids is 1. The first kappa shape index (κ1) is 19.1. The van der Waals surface area contributed by atoms with Crippen LogP contribution in [0.15, 0.2) is 55.0 Å². The zero-order valence-corrected chi connectivity index (χ0v) is 16.3. The first-order chi connectivity index (χ1) is 14.1. The van der Waals surface area contributed by atoms with Crippen molar-refractivity contribution in [2.24, 2.45) is 7.05 Å². The van der Waals surface area contributed by atoms with Gasteiger partial charge in [0, 0.05) is 57.7 Å². The summed E-state index contributed by atoms with van der Waals surface area (Å²) in [5, 5.41) is 7.06. The molecule has 1 aromatic carbocycles. The number of benzene rings is 1. The van der Waals surface area contributed by atoms with Crippen LogP contribution >= 0.6 is 0 Å². The second-order valence-corrected chi connectivity index (χ2v) is 7.16. The molecule has 3 aromatic rings. The highest BCUT2D eigenvalue weighted by Crippen LogP contribution is 2.20. The van der Waals surface area contributed by atoms with E-state index in [0.29, 0.717) is 25.5 Å². The summed E-state index contributed by atoms with van der Waals surface area (Å²) < 4.78 is 15.1. The van der Waals surface area contributed by atoms with Gasteiger partial charge < -0.3 is 4.90 Å². The molecule has 1 fully saturated rings. The van der Waals surface area contributed by atoms with E-state index in [2.05, 4.69) is 20.3 Å². The lowest BCUT2D eigenvalue weighted by atomic mass is 10.1. The summed E-state index contributed by atoms with van der Waals surface area (Å²) in [6, 6.07) is 10.2. The SMILES string of the molecule is Cn1cc(-c2ccnc(NC(=O)N3CCN(Cc4cccc(F)c4)CC3)c2)cn1. The lowest BCUT2D eigenvalue weighted by Gasteiger charge is -2.34. The second-order valence-electron chi connectivity index (χ2n) is 7.16. The summed E-state index contributed by atoms with van der Waals surface area (Å²) in [5.74, 6) is 0.292. The molecule has 0 saturated carbocycles. The van der Waals surface area contributed by atoms with E-state index in [9.17, 15) is 9.18 Å². The summed E-state index contributed by atoms with van der Waals surface area (Å²) in [6.45, 7) is 3.40. The molecule has 0 bridgehead atoms. The molecule has 1 aliphatic rings. The fraction of sp³-hybridized carbons (Fsp3) is 0.286. The molecule has 3 heterocycles. The molecule has 4 rings (SSSR count). The van der Waals surface area contributed by atoms with Crippen LogP contribution in [0.3, 0.4) is 0 Å². The van der Waals surface area contributed by atoms with Crippen LogP contribution in [0.2, 0.25) is 0 Å². The van der Waals surface area contributed by atoms with Gasteiger partial charge in [0.2, 0.25) is 0 Å². The van der Waals surface area contributed by atoms with Crippen LogP contribution in [0.5, 0.6) is 0 Å². The lowest BCUT2D eigenvalue weighted by molar-refractivity contribution is 0.143. The number of nitrogens with zero attached hydrogens (tertiary/aromatic N) is 5. The van der Waals surface area contributed by atoms with Crippen molar-refractivity contribution in [3.8, 4) is 11.1 Å². The topological polar surface area (TPSA) is 66.3 Å². The monoisotopic (exact) mass is 394 g/mol. The molecule has 1 N–H and O–H groups in total. The van der Waals surface area contributed by atoms with E-state index in [1.54, 1.807) is 34.1 Å². The van der Waals surface area contributed by atoms with Gasteiger partial charge in [0.1, 0.15) is 11.6 Å². The van der Waals surface area contributed by atoms with E-state index in [1.165, 1.54) is 6.07 Å². The Balaban J connectivity index is 1.32. The number of rotatable bonds is 4. The highest BCUT2D eigenvalue weighted by Gasteiger charge is 2.21. The van der Waals surface area contributed by atoms with E-state index in [0.717, 1.165) is 29.8 Å². The zero-order valence-electron chi connectivity index (χ0n) is 16.3. The average molecular weight is 394 g/mol. The minimum Gasteiger partial charge on any atom is -0.322 e. The Morgan fingerprint density at radius 2 is 1.97 bits per heavy atom. The molecule has 2 aromatic heterocycles. The Hall–Kier alpha value is -3.26. The van der Waals surface area contributed by atoms with Crippen LogP contribution in [0.1, 0.15) is 5.56 Å². The van der Waals surface area contributed by atoms with Gasteiger partial charge in [-0.1, -0.05) is 12.1 Å². The van der Waals surface area contributed by atoms with Gasteiger partial charge in [0.15, 0.2) is 0 Å². The highest BCUT2D eigenvalue weighted by molar-refractivity contribution is 5.89. The van der Waals surface area contributed by atoms with Crippen molar-refractivity contribution in [3.05, 3.63) is 66.4 Å². The standard InChI is InChI=1S/C21H23FN6O/c1-26-15-18(13-24-26)17-5-6-23-20(12-17)25-21(29)28-9-7-27(8-10-28)14-16-3-2-4-19(22)11-16/h2-6,11-13,15H,7-10,14H2,1H3,(H,23,25,29). The number of hydrogen-bond acceptors (Lipinski definition) is 4. The molecular weight excluding hydrogens is 371 g/mol. The first-order valence-corrected chi connectivity index (χ1v) is 9.54.